The summed E-state index contributed by atoms with van der Waals surface area (Å²) in [6.45, 7) is 30.4. The minimum atomic E-state index is -3.21. The Kier molecular flexibility index (Phi) is 29.0. The molecule has 5 aliphatic heterocycles. The molecule has 0 unspecified atom stereocenters. The van der Waals surface area contributed by atoms with Crippen molar-refractivity contribution in [3.8, 4) is 33.9 Å². The first kappa shape index (κ1) is 91.7. The molecule has 8 N–H and O–H groups in total. The number of urea groups is 1. The molecule has 0 radical (unpaired) electrons. The molecule has 0 atom stereocenters. The molecule has 129 heavy (non-hydrogen) atoms. The Morgan fingerprint density at radius 2 is 1.45 bits per heavy atom. The highest BCUT2D eigenvalue weighted by molar-refractivity contribution is 7.90. The van der Waals surface area contributed by atoms with E-state index in [-0.39, 0.29) is 46.4 Å². The number of nitrogens with zero attached hydrogens (tertiary/aromatic N) is 18. The number of aromatic nitrogens is 13. The Hall–Kier alpha value is -12.0. The normalized spacial score (nSPS) is 17.9. The van der Waals surface area contributed by atoms with Gasteiger partial charge in [-0.3, -0.25) is 49.6 Å². The van der Waals surface area contributed by atoms with Gasteiger partial charge < -0.3 is 64.6 Å². The van der Waals surface area contributed by atoms with Gasteiger partial charge in [-0.1, -0.05) is 57.2 Å². The number of imidazole rings is 1. The summed E-state index contributed by atoms with van der Waals surface area (Å²) in [5, 5.41) is 40.2. The first-order chi connectivity index (χ1) is 62.2. The molecule has 7 aliphatic rings. The number of carbonyl (C=O) groups excluding carboxylic acids is 5. The molecule has 18 rings (SSSR count). The van der Waals surface area contributed by atoms with Crippen LogP contribution in [0.25, 0.3) is 55.8 Å². The number of sulfone groups is 1. The summed E-state index contributed by atoms with van der Waals surface area (Å²) in [6.07, 6.45) is 19.2. The maximum atomic E-state index is 13.7. The second-order valence-corrected chi connectivity index (χ2v) is 37.5. The molecule has 0 spiro atoms. The lowest BCUT2D eigenvalue weighted by atomic mass is 9.87. The predicted molar refractivity (Wildman–Crippen MR) is 496 cm³/mol. The number of nitrogens with one attached hydrogen (secondary N) is 7. The molecule has 36 heteroatoms. The van der Waals surface area contributed by atoms with Gasteiger partial charge in [0, 0.05) is 168 Å². The fourth-order valence-electron chi connectivity index (χ4n) is 18.0. The van der Waals surface area contributed by atoms with Gasteiger partial charge in [0.1, 0.15) is 29.6 Å². The topological polar surface area (TPSA) is 398 Å². The van der Waals surface area contributed by atoms with Gasteiger partial charge in [0.15, 0.2) is 21.4 Å². The minimum absolute atomic E-state index is 0.0350. The first-order valence-corrected chi connectivity index (χ1v) is 46.5. The number of aliphatic hydroxyl groups excluding tert-OH is 1. The van der Waals surface area contributed by atoms with E-state index in [1.54, 1.807) is 53.5 Å². The Morgan fingerprint density at radius 1 is 0.721 bits per heavy atom. The van der Waals surface area contributed by atoms with Gasteiger partial charge in [0.2, 0.25) is 29.6 Å². The fourth-order valence-corrected chi connectivity index (χ4v) is 18.7. The number of fused-ring (bicyclic) bond motifs is 7. The third-order valence-corrected chi connectivity index (χ3v) is 26.3. The van der Waals surface area contributed by atoms with Crippen LogP contribution in [0.15, 0.2) is 133 Å². The van der Waals surface area contributed by atoms with Crippen molar-refractivity contribution in [2.75, 3.05) is 158 Å². The van der Waals surface area contributed by atoms with Crippen molar-refractivity contribution in [1.29, 1.82) is 0 Å². The molecule has 5 fully saturated rings. The number of H-pyrrole nitrogens is 2. The number of hydrogen-bond acceptors (Lipinski definition) is 26. The van der Waals surface area contributed by atoms with Crippen LogP contribution in [0.2, 0.25) is 0 Å². The highest BCUT2D eigenvalue weighted by atomic mass is 32.2. The molecule has 8 aromatic heterocycles. The number of morpholine rings is 1. The molecule has 0 bridgehead atoms. The SMILES string of the molecule is CC(C)CC(=O)Nc1n[nH]c2c1CN(C(=O)C1CCN(C)CC1)C2(C)C.CC1CCC(n2c3cnccc3c3cnc(Nc4ccc(N5CCN(C(=O)CO)CC5)cn4)nc32)CC1.COCCN1CCN(Cc2ccc(-c3n[nH]c4c3C(=O)c3c(NC(=O)NN5CCOCC5)cccc3-4)cc2)CC1.Cc1ncc(-c2ccnc(Nc3ccc(S(C)(=O)=O)cc3)n2)n1C(C)C. The molecule has 4 saturated heterocycles. The lowest BCUT2D eigenvalue weighted by Gasteiger charge is -2.37. The van der Waals surface area contributed by atoms with E-state index < -0.39 is 22.0 Å². The number of hydrogen-bond donors (Lipinski definition) is 8. The molecular formula is C93H119N25O10S. The average Bonchev–Trinajstić information content (AvgIpc) is 1.61. The van der Waals surface area contributed by atoms with Crippen LogP contribution in [0.3, 0.4) is 0 Å². The number of likely N-dealkylation sites (tertiary alicyclic amines) is 1. The third-order valence-electron chi connectivity index (χ3n) is 25.2. The number of rotatable bonds is 22. The number of anilines is 7. The van der Waals surface area contributed by atoms with Crippen molar-refractivity contribution >= 4 is 102 Å². The second-order valence-electron chi connectivity index (χ2n) is 35.5. The van der Waals surface area contributed by atoms with Crippen LogP contribution in [0.5, 0.6) is 0 Å². The fraction of sp³-hybridized carbons (Fsp3) is 0.462. The van der Waals surface area contributed by atoms with E-state index in [1.807, 2.05) is 113 Å². The number of methoxy groups -OCH3 is 1. The van der Waals surface area contributed by atoms with Gasteiger partial charge in [0.25, 0.3) is 0 Å². The summed E-state index contributed by atoms with van der Waals surface area (Å²) >= 11 is 0. The van der Waals surface area contributed by atoms with Gasteiger partial charge in [-0.05, 0) is 165 Å². The number of pyridine rings is 2. The number of ether oxygens (including phenoxy) is 2. The molecule has 5 amide bonds. The van der Waals surface area contributed by atoms with Crippen molar-refractivity contribution < 1.29 is 47.0 Å². The largest absolute Gasteiger partial charge is 0.387 e. The number of aliphatic hydroxyl groups is 1. The van der Waals surface area contributed by atoms with Crippen molar-refractivity contribution in [2.24, 2.45) is 17.8 Å². The van der Waals surface area contributed by atoms with E-state index in [0.717, 1.165) is 158 Å². The highest BCUT2D eigenvalue weighted by Crippen LogP contribution is 2.46. The number of carbonyl (C=O) groups is 5. The van der Waals surface area contributed by atoms with E-state index in [1.165, 1.54) is 24.7 Å². The van der Waals surface area contributed by atoms with Crippen molar-refractivity contribution in [1.82, 2.24) is 99.4 Å². The van der Waals surface area contributed by atoms with Gasteiger partial charge in [-0.15, -0.1) is 0 Å². The summed E-state index contributed by atoms with van der Waals surface area (Å²) in [5.74, 6) is 4.09. The van der Waals surface area contributed by atoms with E-state index >= 15 is 0 Å². The standard InChI is InChI=1S/C29H35N7O4.C27H32N8O2.C19H31N5O2.C18H21N5O2S/c1-39-16-13-34-9-11-35(12-10-34)19-20-5-7-21(8-6-20)26-25-27(32-31-26)22-3-2-4-23(24(22)28(25)37)30-29(38)33-36-14-17-40-18-15-36;1-18-2-4-19(5-3-18)35-23-16-28-9-8-21(23)22-15-30-27(32-26(22)35)31-24-7-6-20(14-29-24)33-10-12-34(13-11-33)25(37)17-36;1-12(2)10-15(25)20-17-14-11-24(19(3,4)16(14)21-22-17)18(26)13-6-8-23(5)9-7-13;1-12(2)23-13(3)20-11-17(23)16-9-10-19-18(22-16)21-14-5-7-15(8-6-14)26(4,24)25/h2-8H,9-19H2,1H3,(H,31,32)(H2,30,33,38);6-9,14-16,18-19,36H,2-5,10-13,17H2,1H3,(H,29,30,31,32);12-13H,6-11H2,1-5H3,(H2,20,21,22,25);5-12H,1-4H3,(H,19,21,22). The highest BCUT2D eigenvalue weighted by Gasteiger charge is 2.46. The van der Waals surface area contributed by atoms with Crippen LogP contribution < -0.4 is 31.6 Å². The lowest BCUT2D eigenvalue weighted by molar-refractivity contribution is -0.142. The van der Waals surface area contributed by atoms with Gasteiger partial charge >= 0.3 is 6.03 Å². The van der Waals surface area contributed by atoms with Crippen LogP contribution >= 0.6 is 0 Å². The molecule has 13 heterocycles. The first-order valence-electron chi connectivity index (χ1n) is 44.7. The monoisotopic (exact) mass is 1780 g/mol. The Bertz CT molecular complexity index is 5880. The van der Waals surface area contributed by atoms with E-state index in [4.69, 9.17) is 19.6 Å². The van der Waals surface area contributed by atoms with Crippen LogP contribution in [0.4, 0.5) is 45.4 Å². The van der Waals surface area contributed by atoms with E-state index in [0.29, 0.717) is 135 Å². The maximum Gasteiger partial charge on any atom is 0.333 e. The minimum Gasteiger partial charge on any atom is -0.387 e. The molecular weight excluding hydrogens is 1660 g/mol. The van der Waals surface area contributed by atoms with Gasteiger partial charge in [0.05, 0.1) is 106 Å². The van der Waals surface area contributed by atoms with Crippen molar-refractivity contribution in [3.63, 3.8) is 0 Å². The van der Waals surface area contributed by atoms with E-state index in [2.05, 4.69) is 152 Å². The molecule has 1 saturated carbocycles. The lowest BCUT2D eigenvalue weighted by Crippen LogP contribution is -2.49. The molecule has 2 aliphatic carbocycles. The number of ketones is 1. The number of hydrazine groups is 1. The van der Waals surface area contributed by atoms with E-state index in [9.17, 15) is 32.4 Å². The smallest absolute Gasteiger partial charge is 0.333 e. The van der Waals surface area contributed by atoms with Gasteiger partial charge in [-0.2, -0.15) is 15.2 Å². The van der Waals surface area contributed by atoms with Crippen LogP contribution in [0.1, 0.15) is 144 Å². The second kappa shape index (κ2) is 40.7. The zero-order valence-electron chi connectivity index (χ0n) is 75.5. The maximum absolute atomic E-state index is 13.7. The number of piperazine rings is 2. The van der Waals surface area contributed by atoms with Crippen LogP contribution in [0, 0.1) is 24.7 Å². The number of aryl methyl sites for hydroxylation is 1. The Balaban J connectivity index is 0.000000135. The zero-order valence-corrected chi connectivity index (χ0v) is 76.3. The molecule has 35 nitrogen and oxygen atoms in total. The van der Waals surface area contributed by atoms with Crippen molar-refractivity contribution in [2.45, 2.75) is 136 Å². The molecule has 3 aromatic carbocycles. The number of piperidine rings is 1. The van der Waals surface area contributed by atoms with Crippen LogP contribution in [-0.4, -0.2) is 269 Å². The van der Waals surface area contributed by atoms with Gasteiger partial charge in [-0.25, -0.2) is 43.1 Å². The number of aromatic amines is 2. The number of benzene rings is 3. The third kappa shape index (κ3) is 21.5. The molecule has 11 aromatic rings. The summed E-state index contributed by atoms with van der Waals surface area (Å²) in [7, 11) is 0.631. The Labute approximate surface area is 751 Å². The van der Waals surface area contributed by atoms with Crippen LogP contribution in [-0.2, 0) is 52.3 Å². The summed E-state index contributed by atoms with van der Waals surface area (Å²) in [4.78, 5) is 108. The summed E-state index contributed by atoms with van der Waals surface area (Å²) in [6, 6.07) is 28.4. The summed E-state index contributed by atoms with van der Waals surface area (Å²) < 4.78 is 38.1. The zero-order chi connectivity index (χ0) is 90.8. The predicted octanol–water partition coefficient (Wildman–Crippen LogP) is 11.6. The summed E-state index contributed by atoms with van der Waals surface area (Å²) in [5.41, 5.74) is 15.4. The average molecular weight is 1780 g/mol. The number of amides is 5. The quantitative estimate of drug-likeness (QED) is 0.0312. The van der Waals surface area contributed by atoms with Crippen molar-refractivity contribution in [3.05, 3.63) is 162 Å². The Morgan fingerprint density at radius 3 is 2.14 bits per heavy atom. The molecule has 682 valence electrons.